The number of hydrogen-bond donors (Lipinski definition) is 1. The van der Waals surface area contributed by atoms with E-state index in [0.29, 0.717) is 5.69 Å². The molecule has 0 spiro atoms. The second kappa shape index (κ2) is 4.94. The zero-order chi connectivity index (χ0) is 10.6. The van der Waals surface area contributed by atoms with Crippen molar-refractivity contribution in [1.82, 2.24) is 0 Å². The highest BCUT2D eigenvalue weighted by Crippen LogP contribution is 2.07. The van der Waals surface area contributed by atoms with Crippen LogP contribution in [0, 0.1) is 0 Å². The summed E-state index contributed by atoms with van der Waals surface area (Å²) in [5, 5.41) is 3.05. The summed E-state index contributed by atoms with van der Waals surface area (Å²) < 4.78 is 0. The van der Waals surface area contributed by atoms with Crippen molar-refractivity contribution < 1.29 is 0 Å². The van der Waals surface area contributed by atoms with E-state index in [4.69, 9.17) is 0 Å². The molecule has 1 atom stereocenters. The minimum atomic E-state index is -0.381. The van der Waals surface area contributed by atoms with Gasteiger partial charge in [0.1, 0.15) is 0 Å². The molecule has 78 valence electrons. The van der Waals surface area contributed by atoms with Crippen LogP contribution in [0.5, 0.6) is 0 Å². The van der Waals surface area contributed by atoms with E-state index in [1.165, 1.54) is 25.3 Å². The molecule has 0 amide bonds. The Morgan fingerprint density at radius 1 is 1.36 bits per heavy atom. The second-order valence-electron chi connectivity index (χ2n) is 3.79. The van der Waals surface area contributed by atoms with Crippen molar-refractivity contribution in [3.05, 3.63) is 26.5 Å². The van der Waals surface area contributed by atoms with Crippen LogP contribution in [0.25, 0.3) is 0 Å². The predicted octanol–water partition coefficient (Wildman–Crippen LogP) is 1.66. The fraction of sp³-hybridized carbons (Fsp3) is 0.636. The standard InChI is InChI=1S/C11H17NO2/c1-3-4-5-6-8(2)12-9-7-10(13)11(9)14/h7-8,12H,3-6H2,1-2H3. The van der Waals surface area contributed by atoms with Crippen LogP contribution in [0.1, 0.15) is 39.5 Å². The average Bonchev–Trinajstić information content (AvgIpc) is 2.17. The van der Waals surface area contributed by atoms with Gasteiger partial charge in [-0.05, 0) is 13.3 Å². The van der Waals surface area contributed by atoms with Crippen LogP contribution in [0.4, 0.5) is 5.69 Å². The van der Waals surface area contributed by atoms with E-state index in [9.17, 15) is 9.59 Å². The molecule has 0 aliphatic carbocycles. The molecule has 14 heavy (non-hydrogen) atoms. The number of rotatable bonds is 6. The molecule has 0 aromatic heterocycles. The first-order valence-electron chi connectivity index (χ1n) is 5.22. The molecule has 0 radical (unpaired) electrons. The first-order valence-corrected chi connectivity index (χ1v) is 5.22. The van der Waals surface area contributed by atoms with Crippen LogP contribution in [0.3, 0.4) is 0 Å². The Bertz CT molecular complexity index is 350. The van der Waals surface area contributed by atoms with Crippen molar-refractivity contribution in [3.63, 3.8) is 0 Å². The first-order chi connectivity index (χ1) is 6.65. The van der Waals surface area contributed by atoms with Gasteiger partial charge in [0.25, 0.3) is 0 Å². The van der Waals surface area contributed by atoms with E-state index >= 15 is 0 Å². The fourth-order valence-electron chi connectivity index (χ4n) is 1.46. The van der Waals surface area contributed by atoms with Crippen LogP contribution in [0.15, 0.2) is 15.7 Å². The highest BCUT2D eigenvalue weighted by Gasteiger charge is 2.11. The number of unbranched alkanes of at least 4 members (excludes halogenated alkanes) is 2. The molecule has 0 saturated carbocycles. The normalized spacial score (nSPS) is 13.0. The molecular formula is C11H17NO2. The van der Waals surface area contributed by atoms with Gasteiger partial charge >= 0.3 is 0 Å². The monoisotopic (exact) mass is 195 g/mol. The van der Waals surface area contributed by atoms with Gasteiger partial charge in [-0.25, -0.2) is 0 Å². The summed E-state index contributed by atoms with van der Waals surface area (Å²) in [5.41, 5.74) is -0.264. The van der Waals surface area contributed by atoms with Crippen LogP contribution in [-0.4, -0.2) is 6.04 Å². The highest BCUT2D eigenvalue weighted by atomic mass is 16.2. The maximum absolute atomic E-state index is 10.9. The zero-order valence-electron chi connectivity index (χ0n) is 8.80. The van der Waals surface area contributed by atoms with Crippen LogP contribution in [0.2, 0.25) is 0 Å². The summed E-state index contributed by atoms with van der Waals surface area (Å²) in [6.07, 6.45) is 4.64. The second-order valence-corrected chi connectivity index (χ2v) is 3.79. The lowest BCUT2D eigenvalue weighted by Gasteiger charge is -2.14. The molecule has 0 bridgehead atoms. The summed E-state index contributed by atoms with van der Waals surface area (Å²) in [7, 11) is 0. The van der Waals surface area contributed by atoms with E-state index in [1.807, 2.05) is 6.92 Å². The molecule has 1 unspecified atom stereocenters. The lowest BCUT2D eigenvalue weighted by atomic mass is 10.1. The highest BCUT2D eigenvalue weighted by molar-refractivity contribution is 5.47. The number of nitrogens with one attached hydrogen (secondary N) is 1. The third-order valence-corrected chi connectivity index (χ3v) is 2.39. The Kier molecular flexibility index (Phi) is 3.86. The molecule has 1 aromatic carbocycles. The van der Waals surface area contributed by atoms with E-state index < -0.39 is 0 Å². The quantitative estimate of drug-likeness (QED) is 0.554. The minimum absolute atomic E-state index is 0.282. The molecule has 3 heteroatoms. The predicted molar refractivity (Wildman–Crippen MR) is 58.6 cm³/mol. The molecule has 1 rings (SSSR count). The van der Waals surface area contributed by atoms with Gasteiger partial charge in [-0.15, -0.1) is 0 Å². The van der Waals surface area contributed by atoms with Gasteiger partial charge in [0, 0.05) is 12.1 Å². The first kappa shape index (κ1) is 11.0. The van der Waals surface area contributed by atoms with Crippen molar-refractivity contribution >= 4 is 5.69 Å². The van der Waals surface area contributed by atoms with Crippen LogP contribution >= 0.6 is 0 Å². The topological polar surface area (TPSA) is 46.2 Å². The van der Waals surface area contributed by atoms with E-state index in [-0.39, 0.29) is 16.9 Å². The van der Waals surface area contributed by atoms with Gasteiger partial charge in [-0.1, -0.05) is 26.2 Å². The lowest BCUT2D eigenvalue weighted by molar-refractivity contribution is 0.614. The Hall–Kier alpha value is -1.12. The SMILES string of the molecule is CCCCCC(C)Nc1cc(=O)c1=O. The Balaban J connectivity index is 2.28. The zero-order valence-corrected chi connectivity index (χ0v) is 8.80. The van der Waals surface area contributed by atoms with Gasteiger partial charge in [-0.3, -0.25) is 9.59 Å². The fourth-order valence-corrected chi connectivity index (χ4v) is 1.46. The van der Waals surface area contributed by atoms with E-state index in [2.05, 4.69) is 12.2 Å². The Morgan fingerprint density at radius 3 is 2.57 bits per heavy atom. The molecule has 1 N–H and O–H groups in total. The summed E-state index contributed by atoms with van der Waals surface area (Å²) in [6, 6.07) is 1.66. The van der Waals surface area contributed by atoms with Gasteiger partial charge in [0.05, 0.1) is 5.69 Å². The van der Waals surface area contributed by atoms with E-state index in [0.717, 1.165) is 6.42 Å². The molecule has 0 aliphatic rings. The molecule has 1 aromatic rings. The van der Waals surface area contributed by atoms with Crippen molar-refractivity contribution in [2.24, 2.45) is 0 Å². The maximum atomic E-state index is 10.9. The summed E-state index contributed by atoms with van der Waals surface area (Å²) >= 11 is 0. The van der Waals surface area contributed by atoms with Crippen molar-refractivity contribution in [1.29, 1.82) is 0 Å². The smallest absolute Gasteiger partial charge is 0.248 e. The number of anilines is 1. The Morgan fingerprint density at radius 2 is 2.07 bits per heavy atom. The molecule has 0 saturated heterocycles. The molecule has 0 fully saturated rings. The van der Waals surface area contributed by atoms with Crippen LogP contribution in [-0.2, 0) is 0 Å². The lowest BCUT2D eigenvalue weighted by Crippen LogP contribution is -2.34. The van der Waals surface area contributed by atoms with Crippen LogP contribution < -0.4 is 16.2 Å². The Labute approximate surface area is 83.8 Å². The van der Waals surface area contributed by atoms with E-state index in [1.54, 1.807) is 0 Å². The molecular weight excluding hydrogens is 178 g/mol. The molecule has 3 nitrogen and oxygen atoms in total. The maximum Gasteiger partial charge on any atom is 0.248 e. The van der Waals surface area contributed by atoms with Crippen molar-refractivity contribution in [2.75, 3.05) is 5.32 Å². The number of hydrogen-bond acceptors (Lipinski definition) is 3. The summed E-state index contributed by atoms with van der Waals surface area (Å²) in [5.74, 6) is 0. The summed E-state index contributed by atoms with van der Waals surface area (Å²) in [6.45, 7) is 4.20. The van der Waals surface area contributed by atoms with Gasteiger partial charge in [0.2, 0.25) is 10.9 Å². The van der Waals surface area contributed by atoms with Gasteiger partial charge in [0.15, 0.2) is 0 Å². The van der Waals surface area contributed by atoms with Crippen molar-refractivity contribution in [3.8, 4) is 0 Å². The third-order valence-electron chi connectivity index (χ3n) is 2.39. The largest absolute Gasteiger partial charge is 0.379 e. The third kappa shape index (κ3) is 2.69. The minimum Gasteiger partial charge on any atom is -0.379 e. The van der Waals surface area contributed by atoms with Gasteiger partial charge in [-0.2, -0.15) is 0 Å². The molecule has 0 aliphatic heterocycles. The van der Waals surface area contributed by atoms with Gasteiger partial charge < -0.3 is 5.32 Å². The summed E-state index contributed by atoms with van der Waals surface area (Å²) in [4.78, 5) is 21.6. The molecule has 0 heterocycles. The van der Waals surface area contributed by atoms with Crippen molar-refractivity contribution in [2.45, 2.75) is 45.6 Å². The average molecular weight is 195 g/mol.